The van der Waals surface area contributed by atoms with Gasteiger partial charge < -0.3 is 15.4 Å². The van der Waals surface area contributed by atoms with Gasteiger partial charge in [0.1, 0.15) is 17.2 Å². The molecular formula is C24H19N3O3S. The molecule has 2 N–H and O–H groups in total. The zero-order valence-electron chi connectivity index (χ0n) is 16.4. The van der Waals surface area contributed by atoms with Crippen LogP contribution in [0.5, 0.6) is 11.5 Å². The van der Waals surface area contributed by atoms with Crippen molar-refractivity contribution in [1.29, 1.82) is 0 Å². The lowest BCUT2D eigenvalue weighted by Gasteiger charge is -2.07. The van der Waals surface area contributed by atoms with Crippen LogP contribution in [-0.4, -0.2) is 16.8 Å². The van der Waals surface area contributed by atoms with Crippen LogP contribution in [0.15, 0.2) is 90.3 Å². The Kier molecular flexibility index (Phi) is 6.35. The van der Waals surface area contributed by atoms with Crippen molar-refractivity contribution in [2.24, 2.45) is 0 Å². The van der Waals surface area contributed by atoms with E-state index in [4.69, 9.17) is 4.74 Å². The second-order valence-electron chi connectivity index (χ2n) is 6.64. The van der Waals surface area contributed by atoms with E-state index in [-0.39, 0.29) is 23.9 Å². The van der Waals surface area contributed by atoms with Crippen LogP contribution in [0, 0.1) is 0 Å². The average Bonchev–Trinajstić information content (AvgIpc) is 3.25. The molecule has 0 saturated carbocycles. The topological polar surface area (TPSA) is 80.3 Å². The van der Waals surface area contributed by atoms with Gasteiger partial charge in [0.25, 0.3) is 5.91 Å². The Hall–Kier alpha value is -3.97. The lowest BCUT2D eigenvalue weighted by atomic mass is 10.1. The standard InChI is InChI=1S/C24H19N3O3S/c28-22(15-17-7-3-1-4-8-17)27-24-26-21(16-31-24)23(29)25-18-11-13-20(14-12-18)30-19-9-5-2-6-10-19/h1-14,16H,15H2,(H,25,29)(H,26,27,28). The van der Waals surface area contributed by atoms with E-state index in [0.717, 1.165) is 11.3 Å². The molecule has 0 aliphatic rings. The molecule has 0 aliphatic carbocycles. The van der Waals surface area contributed by atoms with Crippen molar-refractivity contribution in [1.82, 2.24) is 4.98 Å². The highest BCUT2D eigenvalue weighted by atomic mass is 32.1. The summed E-state index contributed by atoms with van der Waals surface area (Å²) in [5, 5.41) is 7.52. The predicted molar refractivity (Wildman–Crippen MR) is 122 cm³/mol. The Morgan fingerprint density at radius 3 is 2.16 bits per heavy atom. The molecule has 1 heterocycles. The maximum atomic E-state index is 12.5. The van der Waals surface area contributed by atoms with E-state index in [2.05, 4.69) is 15.6 Å². The van der Waals surface area contributed by atoms with E-state index in [1.54, 1.807) is 29.6 Å². The van der Waals surface area contributed by atoms with Gasteiger partial charge in [-0.15, -0.1) is 11.3 Å². The average molecular weight is 430 g/mol. The molecule has 154 valence electrons. The Balaban J connectivity index is 1.32. The molecule has 4 rings (SSSR count). The Morgan fingerprint density at radius 1 is 0.806 bits per heavy atom. The van der Waals surface area contributed by atoms with Crippen molar-refractivity contribution < 1.29 is 14.3 Å². The number of hydrogen-bond donors (Lipinski definition) is 2. The second-order valence-corrected chi connectivity index (χ2v) is 7.50. The molecule has 0 fully saturated rings. The molecule has 0 saturated heterocycles. The number of anilines is 2. The molecule has 0 radical (unpaired) electrons. The minimum Gasteiger partial charge on any atom is -0.457 e. The summed E-state index contributed by atoms with van der Waals surface area (Å²) in [6.07, 6.45) is 0.249. The molecule has 0 aliphatic heterocycles. The summed E-state index contributed by atoms with van der Waals surface area (Å²) in [4.78, 5) is 28.8. The largest absolute Gasteiger partial charge is 0.457 e. The quantitative estimate of drug-likeness (QED) is 0.414. The summed E-state index contributed by atoms with van der Waals surface area (Å²) < 4.78 is 5.74. The normalized spacial score (nSPS) is 10.3. The maximum absolute atomic E-state index is 12.5. The molecule has 7 heteroatoms. The summed E-state index contributed by atoms with van der Waals surface area (Å²) in [5.74, 6) is 0.878. The first-order valence-corrected chi connectivity index (χ1v) is 10.5. The van der Waals surface area contributed by atoms with Crippen LogP contribution in [0.4, 0.5) is 10.8 Å². The van der Waals surface area contributed by atoms with Crippen molar-refractivity contribution in [2.45, 2.75) is 6.42 Å². The van der Waals surface area contributed by atoms with Crippen LogP contribution in [0.2, 0.25) is 0 Å². The fourth-order valence-corrected chi connectivity index (χ4v) is 3.51. The van der Waals surface area contributed by atoms with Crippen LogP contribution in [0.1, 0.15) is 16.1 Å². The first kappa shape index (κ1) is 20.3. The highest BCUT2D eigenvalue weighted by Gasteiger charge is 2.13. The van der Waals surface area contributed by atoms with Gasteiger partial charge in [-0.25, -0.2) is 4.98 Å². The SMILES string of the molecule is O=C(Cc1ccccc1)Nc1nc(C(=O)Nc2ccc(Oc3ccccc3)cc2)cs1. The fourth-order valence-electron chi connectivity index (χ4n) is 2.81. The van der Waals surface area contributed by atoms with Crippen molar-refractivity contribution in [3.63, 3.8) is 0 Å². The summed E-state index contributed by atoms with van der Waals surface area (Å²) >= 11 is 1.21. The van der Waals surface area contributed by atoms with Crippen LogP contribution in [-0.2, 0) is 11.2 Å². The van der Waals surface area contributed by atoms with Gasteiger partial charge in [0.15, 0.2) is 5.13 Å². The van der Waals surface area contributed by atoms with E-state index < -0.39 is 0 Å². The highest BCUT2D eigenvalue weighted by molar-refractivity contribution is 7.14. The molecular weight excluding hydrogens is 410 g/mol. The predicted octanol–water partition coefficient (Wildman–Crippen LogP) is 5.37. The van der Waals surface area contributed by atoms with Crippen molar-refractivity contribution in [3.05, 3.63) is 102 Å². The van der Waals surface area contributed by atoms with Gasteiger partial charge in [-0.3, -0.25) is 9.59 Å². The zero-order chi connectivity index (χ0) is 21.5. The molecule has 0 unspecified atom stereocenters. The number of ether oxygens (including phenoxy) is 1. The molecule has 2 amide bonds. The van der Waals surface area contributed by atoms with Gasteiger partial charge in [-0.05, 0) is 42.0 Å². The number of nitrogens with zero attached hydrogens (tertiary/aromatic N) is 1. The number of para-hydroxylation sites is 1. The number of carbonyl (C=O) groups is 2. The minimum absolute atomic E-state index is 0.179. The summed E-state index contributed by atoms with van der Waals surface area (Å²) in [6.45, 7) is 0. The Labute approximate surface area is 183 Å². The number of thiazole rings is 1. The molecule has 31 heavy (non-hydrogen) atoms. The van der Waals surface area contributed by atoms with Crippen LogP contribution in [0.25, 0.3) is 0 Å². The smallest absolute Gasteiger partial charge is 0.275 e. The van der Waals surface area contributed by atoms with Gasteiger partial charge >= 0.3 is 0 Å². The van der Waals surface area contributed by atoms with Crippen molar-refractivity contribution in [2.75, 3.05) is 10.6 Å². The summed E-state index contributed by atoms with van der Waals surface area (Å²) in [6, 6.07) is 26.0. The van der Waals surface area contributed by atoms with Gasteiger partial charge in [0.2, 0.25) is 5.91 Å². The minimum atomic E-state index is -0.350. The van der Waals surface area contributed by atoms with Gasteiger partial charge in [0.05, 0.1) is 6.42 Å². The Morgan fingerprint density at radius 2 is 1.45 bits per heavy atom. The number of rotatable bonds is 7. The third-order valence-electron chi connectivity index (χ3n) is 4.28. The highest BCUT2D eigenvalue weighted by Crippen LogP contribution is 2.23. The number of benzene rings is 3. The maximum Gasteiger partial charge on any atom is 0.275 e. The number of aromatic nitrogens is 1. The van der Waals surface area contributed by atoms with Crippen molar-refractivity contribution >= 4 is 34.0 Å². The number of amides is 2. The first-order valence-electron chi connectivity index (χ1n) is 9.59. The molecule has 0 spiro atoms. The van der Waals surface area contributed by atoms with E-state index in [1.165, 1.54) is 11.3 Å². The second kappa shape index (κ2) is 9.69. The van der Waals surface area contributed by atoms with Crippen molar-refractivity contribution in [3.8, 4) is 11.5 Å². The summed E-state index contributed by atoms with van der Waals surface area (Å²) in [7, 11) is 0. The molecule has 0 atom stereocenters. The number of carbonyl (C=O) groups excluding carboxylic acids is 2. The zero-order valence-corrected chi connectivity index (χ0v) is 17.3. The lowest BCUT2D eigenvalue weighted by molar-refractivity contribution is -0.115. The number of nitrogens with one attached hydrogen (secondary N) is 2. The third-order valence-corrected chi connectivity index (χ3v) is 5.04. The van der Waals surface area contributed by atoms with E-state index >= 15 is 0 Å². The number of hydrogen-bond acceptors (Lipinski definition) is 5. The van der Waals surface area contributed by atoms with Crippen LogP contribution in [0.3, 0.4) is 0 Å². The van der Waals surface area contributed by atoms with Gasteiger partial charge in [0, 0.05) is 11.1 Å². The van der Waals surface area contributed by atoms with E-state index in [0.29, 0.717) is 16.6 Å². The summed E-state index contributed by atoms with van der Waals surface area (Å²) in [5.41, 5.74) is 1.77. The van der Waals surface area contributed by atoms with Gasteiger partial charge in [-0.2, -0.15) is 0 Å². The van der Waals surface area contributed by atoms with Crippen LogP contribution < -0.4 is 15.4 Å². The molecule has 6 nitrogen and oxygen atoms in total. The molecule has 1 aromatic heterocycles. The van der Waals surface area contributed by atoms with E-state index in [9.17, 15) is 9.59 Å². The monoisotopic (exact) mass is 429 g/mol. The fraction of sp³-hybridized carbons (Fsp3) is 0.0417. The van der Waals surface area contributed by atoms with Gasteiger partial charge in [-0.1, -0.05) is 48.5 Å². The molecule has 0 bridgehead atoms. The third kappa shape index (κ3) is 5.77. The Bertz CT molecular complexity index is 1160. The van der Waals surface area contributed by atoms with E-state index in [1.807, 2.05) is 60.7 Å². The first-order chi connectivity index (χ1) is 15.2. The van der Waals surface area contributed by atoms with Crippen LogP contribution >= 0.6 is 11.3 Å². The molecule has 3 aromatic carbocycles. The lowest BCUT2D eigenvalue weighted by Crippen LogP contribution is -2.15. The molecule has 4 aromatic rings.